The van der Waals surface area contributed by atoms with Crippen LogP contribution in [0.4, 0.5) is 29.6 Å². The number of carbonyl (C=O) groups is 1. The van der Waals surface area contributed by atoms with Crippen molar-refractivity contribution in [2.24, 2.45) is 0 Å². The Morgan fingerprint density at radius 1 is 1.19 bits per heavy atom. The summed E-state index contributed by atoms with van der Waals surface area (Å²) in [6, 6.07) is 2.78. The molecule has 3 heterocycles. The van der Waals surface area contributed by atoms with Crippen molar-refractivity contribution in [1.29, 1.82) is 0 Å². The number of carbonyl (C=O) groups excluding carboxylic acids is 1. The van der Waals surface area contributed by atoms with Crippen LogP contribution in [0.15, 0.2) is 35.1 Å². The first-order valence-electron chi connectivity index (χ1n) is 8.67. The van der Waals surface area contributed by atoms with Crippen molar-refractivity contribution in [3.8, 4) is 11.5 Å². The van der Waals surface area contributed by atoms with Gasteiger partial charge in [-0.1, -0.05) is 16.8 Å². The first-order chi connectivity index (χ1) is 14.8. The lowest BCUT2D eigenvalue weighted by Crippen LogP contribution is -2.33. The summed E-state index contributed by atoms with van der Waals surface area (Å²) in [4.78, 5) is 23.4. The van der Waals surface area contributed by atoms with E-state index < -0.39 is 17.8 Å². The molecule has 14 heteroatoms. The summed E-state index contributed by atoms with van der Waals surface area (Å²) in [7, 11) is 0. The number of rotatable bonds is 7. The number of hydrogen-bond donors (Lipinski definition) is 4. The highest BCUT2D eigenvalue weighted by atomic mass is 35.5. The molecule has 0 bridgehead atoms. The number of hydrogen-bond acceptors (Lipinski definition) is 8. The van der Waals surface area contributed by atoms with Gasteiger partial charge in [0.05, 0.1) is 16.1 Å². The number of nitrogens with one attached hydrogen (secondary N) is 3. The average Bonchev–Trinajstić information content (AvgIpc) is 3.21. The van der Waals surface area contributed by atoms with Crippen LogP contribution in [0.1, 0.15) is 11.4 Å². The summed E-state index contributed by atoms with van der Waals surface area (Å²) in [6.45, 7) is 0.0602. The Balaban J connectivity index is 1.45. The predicted molar refractivity (Wildman–Crippen MR) is 103 cm³/mol. The quantitative estimate of drug-likeness (QED) is 0.397. The Kier molecular flexibility index (Phi) is 6.87. The van der Waals surface area contributed by atoms with Crippen LogP contribution in [0, 0.1) is 0 Å². The first-order valence-corrected chi connectivity index (χ1v) is 9.05. The molecule has 0 radical (unpaired) electrons. The van der Waals surface area contributed by atoms with Gasteiger partial charge in [0, 0.05) is 25.5 Å². The molecule has 0 atom stereocenters. The third-order valence-electron chi connectivity index (χ3n) is 3.73. The molecule has 0 saturated carbocycles. The summed E-state index contributed by atoms with van der Waals surface area (Å²) in [5.74, 6) is 0.604. The first kappa shape index (κ1) is 22.2. The summed E-state index contributed by atoms with van der Waals surface area (Å²) in [5, 5.41) is 20.5. The number of pyridine rings is 2. The predicted octanol–water partition coefficient (Wildman–Crippen LogP) is 2.92. The number of alkyl halides is 3. The standard InChI is InChI=1S/C17H15ClF3N7O3/c18-11-5-9(15-26-13(8-29)28-31-15)6-25-14(11)22-3-4-23-16(30)27-12-2-1-10(7-24-12)17(19,20)21/h1-2,5-7,29H,3-4,8H2,(H,22,25)(H2,23,24,27,30). The minimum Gasteiger partial charge on any atom is -0.388 e. The van der Waals surface area contributed by atoms with Gasteiger partial charge >= 0.3 is 12.2 Å². The molecule has 0 aromatic carbocycles. The van der Waals surface area contributed by atoms with Gasteiger partial charge in [-0.2, -0.15) is 18.2 Å². The zero-order valence-electron chi connectivity index (χ0n) is 15.6. The third kappa shape index (κ3) is 6.02. The average molecular weight is 458 g/mol. The summed E-state index contributed by atoms with van der Waals surface area (Å²) < 4.78 is 42.5. The van der Waals surface area contributed by atoms with E-state index in [9.17, 15) is 18.0 Å². The molecule has 3 aromatic rings. The molecule has 0 saturated heterocycles. The Hall–Kier alpha value is -3.45. The second kappa shape index (κ2) is 9.57. The van der Waals surface area contributed by atoms with Gasteiger partial charge in [0.1, 0.15) is 18.2 Å². The lowest BCUT2D eigenvalue weighted by atomic mass is 10.3. The fourth-order valence-corrected chi connectivity index (χ4v) is 2.51. The van der Waals surface area contributed by atoms with Crippen LogP contribution < -0.4 is 16.0 Å². The summed E-state index contributed by atoms with van der Waals surface area (Å²) >= 11 is 6.16. The molecule has 0 aliphatic carbocycles. The van der Waals surface area contributed by atoms with Crippen LogP contribution in [0.2, 0.25) is 5.02 Å². The van der Waals surface area contributed by atoms with Crippen molar-refractivity contribution in [1.82, 2.24) is 25.4 Å². The number of aliphatic hydroxyl groups is 1. The second-order valence-electron chi connectivity index (χ2n) is 5.97. The normalized spacial score (nSPS) is 11.3. The monoisotopic (exact) mass is 457 g/mol. The van der Waals surface area contributed by atoms with Crippen LogP contribution in [-0.2, 0) is 12.8 Å². The summed E-state index contributed by atoms with van der Waals surface area (Å²) in [6.07, 6.45) is -2.42. The Morgan fingerprint density at radius 2 is 2.00 bits per heavy atom. The van der Waals surface area contributed by atoms with E-state index in [-0.39, 0.29) is 42.3 Å². The highest BCUT2D eigenvalue weighted by Crippen LogP contribution is 2.29. The largest absolute Gasteiger partial charge is 0.417 e. The van der Waals surface area contributed by atoms with E-state index in [1.165, 1.54) is 6.20 Å². The fourth-order valence-electron chi connectivity index (χ4n) is 2.27. The van der Waals surface area contributed by atoms with Gasteiger partial charge < -0.3 is 20.3 Å². The lowest BCUT2D eigenvalue weighted by Gasteiger charge is -2.10. The maximum absolute atomic E-state index is 12.5. The van der Waals surface area contributed by atoms with Gasteiger partial charge in [-0.25, -0.2) is 14.8 Å². The Labute approximate surface area is 177 Å². The van der Waals surface area contributed by atoms with E-state index in [1.807, 2.05) is 0 Å². The van der Waals surface area contributed by atoms with Gasteiger partial charge in [0.15, 0.2) is 5.82 Å². The van der Waals surface area contributed by atoms with Gasteiger partial charge in [0.25, 0.3) is 5.89 Å². The molecule has 2 amide bonds. The molecule has 3 rings (SSSR count). The van der Waals surface area contributed by atoms with Gasteiger partial charge in [-0.15, -0.1) is 0 Å². The van der Waals surface area contributed by atoms with Gasteiger partial charge in [-0.3, -0.25) is 5.32 Å². The van der Waals surface area contributed by atoms with Crippen molar-refractivity contribution in [3.05, 3.63) is 47.0 Å². The van der Waals surface area contributed by atoms with Crippen molar-refractivity contribution >= 4 is 29.3 Å². The maximum Gasteiger partial charge on any atom is 0.417 e. The minimum absolute atomic E-state index is 0.0239. The highest BCUT2D eigenvalue weighted by molar-refractivity contribution is 6.33. The van der Waals surface area contributed by atoms with Crippen LogP contribution >= 0.6 is 11.6 Å². The highest BCUT2D eigenvalue weighted by Gasteiger charge is 2.30. The molecule has 4 N–H and O–H groups in total. The van der Waals surface area contributed by atoms with Crippen LogP contribution in [0.25, 0.3) is 11.5 Å². The van der Waals surface area contributed by atoms with E-state index in [2.05, 4.69) is 36.1 Å². The topological polar surface area (TPSA) is 138 Å². The second-order valence-corrected chi connectivity index (χ2v) is 6.37. The Bertz CT molecular complexity index is 1040. The summed E-state index contributed by atoms with van der Waals surface area (Å²) in [5.41, 5.74) is -0.449. The smallest absolute Gasteiger partial charge is 0.388 e. The minimum atomic E-state index is -4.50. The molecule has 10 nitrogen and oxygen atoms in total. The van der Waals surface area contributed by atoms with Crippen LogP contribution in [0.5, 0.6) is 0 Å². The molecular formula is C17H15ClF3N7O3. The van der Waals surface area contributed by atoms with Crippen molar-refractivity contribution in [2.75, 3.05) is 23.7 Å². The Morgan fingerprint density at radius 3 is 2.61 bits per heavy atom. The number of urea groups is 1. The van der Waals surface area contributed by atoms with Crippen molar-refractivity contribution < 1.29 is 27.6 Å². The van der Waals surface area contributed by atoms with Crippen molar-refractivity contribution in [3.63, 3.8) is 0 Å². The fraction of sp³-hybridized carbons (Fsp3) is 0.235. The number of anilines is 2. The number of aliphatic hydroxyl groups excluding tert-OH is 1. The molecule has 164 valence electrons. The maximum atomic E-state index is 12.5. The van der Waals surface area contributed by atoms with Crippen LogP contribution in [-0.4, -0.2) is 44.3 Å². The van der Waals surface area contributed by atoms with Gasteiger partial charge in [-0.05, 0) is 18.2 Å². The molecule has 31 heavy (non-hydrogen) atoms. The molecule has 0 fully saturated rings. The van der Waals surface area contributed by atoms with Crippen molar-refractivity contribution in [2.45, 2.75) is 12.8 Å². The van der Waals surface area contributed by atoms with E-state index in [1.54, 1.807) is 6.07 Å². The molecule has 0 aliphatic heterocycles. The number of aromatic nitrogens is 4. The number of nitrogens with zero attached hydrogens (tertiary/aromatic N) is 4. The molecule has 0 spiro atoms. The van der Waals surface area contributed by atoms with Gasteiger partial charge in [0.2, 0.25) is 0 Å². The molecule has 0 aliphatic rings. The van der Waals surface area contributed by atoms with E-state index in [4.69, 9.17) is 21.2 Å². The lowest BCUT2D eigenvalue weighted by molar-refractivity contribution is -0.137. The molecular weight excluding hydrogens is 443 g/mol. The van der Waals surface area contributed by atoms with E-state index >= 15 is 0 Å². The third-order valence-corrected chi connectivity index (χ3v) is 4.02. The molecule has 0 unspecified atom stereocenters. The molecule has 3 aromatic heterocycles. The van der Waals surface area contributed by atoms with E-state index in [0.29, 0.717) is 17.6 Å². The number of amides is 2. The SMILES string of the molecule is O=C(NCCNc1ncc(-c2nc(CO)no2)cc1Cl)Nc1ccc(C(F)(F)F)cn1. The van der Waals surface area contributed by atoms with Crippen LogP contribution in [0.3, 0.4) is 0 Å². The van der Waals surface area contributed by atoms with E-state index in [0.717, 1.165) is 12.1 Å². The zero-order chi connectivity index (χ0) is 22.4. The number of halogens is 4. The zero-order valence-corrected chi connectivity index (χ0v) is 16.3.